The van der Waals surface area contributed by atoms with Crippen molar-refractivity contribution in [2.45, 2.75) is 44.6 Å². The van der Waals surface area contributed by atoms with E-state index in [1.807, 2.05) is 18.2 Å². The maximum atomic E-state index is 13.3. The molecule has 2 heterocycles. The molecule has 3 aromatic rings. The standard InChI is InChI=1S/C27H29N5O4/c1-35-24-12-11-18(15-25(24)36-21-8-2-3-9-21)22-10-5-13-32(31-22)27(34)19-6-4-7-20(14-19)30-26(33)23-16-28-17-29-23/h4,6-7,11-12,14-17,21H,2-3,5,8-10,13H2,1H3,(H,28,29)(H,30,33). The van der Waals surface area contributed by atoms with E-state index in [0.717, 1.165) is 37.0 Å². The van der Waals surface area contributed by atoms with Crippen LogP contribution in [0.5, 0.6) is 11.5 Å². The number of carbonyl (C=O) groups is 2. The van der Waals surface area contributed by atoms with Crippen molar-refractivity contribution >= 4 is 23.2 Å². The average molecular weight is 488 g/mol. The molecule has 2 aromatic carbocycles. The van der Waals surface area contributed by atoms with Crippen LogP contribution in [-0.2, 0) is 0 Å². The summed E-state index contributed by atoms with van der Waals surface area (Å²) >= 11 is 0. The van der Waals surface area contributed by atoms with Gasteiger partial charge in [0, 0.05) is 23.4 Å². The minimum absolute atomic E-state index is 0.210. The number of methoxy groups -OCH3 is 1. The summed E-state index contributed by atoms with van der Waals surface area (Å²) in [7, 11) is 1.64. The van der Waals surface area contributed by atoms with Crippen LogP contribution in [0.3, 0.4) is 0 Å². The summed E-state index contributed by atoms with van der Waals surface area (Å²) in [4.78, 5) is 32.2. The third-order valence-corrected chi connectivity index (χ3v) is 6.46. The van der Waals surface area contributed by atoms with Crippen molar-refractivity contribution in [3.8, 4) is 11.5 Å². The number of hydrazone groups is 1. The summed E-state index contributed by atoms with van der Waals surface area (Å²) in [6.07, 6.45) is 9.13. The Morgan fingerprint density at radius 3 is 2.72 bits per heavy atom. The number of ether oxygens (including phenoxy) is 2. The largest absolute Gasteiger partial charge is 0.493 e. The van der Waals surface area contributed by atoms with Crippen molar-refractivity contribution in [2.75, 3.05) is 19.0 Å². The zero-order valence-corrected chi connectivity index (χ0v) is 20.2. The van der Waals surface area contributed by atoms with E-state index in [2.05, 4.69) is 15.3 Å². The van der Waals surface area contributed by atoms with Crippen molar-refractivity contribution in [1.29, 1.82) is 0 Å². The number of imidazole rings is 1. The van der Waals surface area contributed by atoms with E-state index < -0.39 is 0 Å². The smallest absolute Gasteiger partial charge is 0.274 e. The van der Waals surface area contributed by atoms with E-state index in [-0.39, 0.29) is 17.9 Å². The topological polar surface area (TPSA) is 109 Å². The van der Waals surface area contributed by atoms with Gasteiger partial charge in [-0.15, -0.1) is 0 Å². The van der Waals surface area contributed by atoms with Gasteiger partial charge in [0.25, 0.3) is 11.8 Å². The Kier molecular flexibility index (Phi) is 6.97. The van der Waals surface area contributed by atoms with Gasteiger partial charge < -0.3 is 19.8 Å². The first-order valence-electron chi connectivity index (χ1n) is 12.2. The van der Waals surface area contributed by atoms with Crippen molar-refractivity contribution < 1.29 is 19.1 Å². The van der Waals surface area contributed by atoms with Crippen LogP contribution in [0.25, 0.3) is 0 Å². The molecule has 0 bridgehead atoms. The van der Waals surface area contributed by atoms with Crippen LogP contribution in [0.4, 0.5) is 5.69 Å². The number of nitrogens with zero attached hydrogens (tertiary/aromatic N) is 3. The van der Waals surface area contributed by atoms with Gasteiger partial charge in [-0.05, 0) is 74.9 Å². The van der Waals surface area contributed by atoms with E-state index >= 15 is 0 Å². The van der Waals surface area contributed by atoms with E-state index in [1.165, 1.54) is 30.4 Å². The summed E-state index contributed by atoms with van der Waals surface area (Å²) in [6, 6.07) is 12.7. The molecule has 186 valence electrons. The monoisotopic (exact) mass is 487 g/mol. The number of anilines is 1. The SMILES string of the molecule is COc1ccc(C2=NN(C(=O)c3cccc(NC(=O)c4cnc[nH]4)c3)CCC2)cc1OC1CCCC1. The molecular weight excluding hydrogens is 458 g/mol. The summed E-state index contributed by atoms with van der Waals surface area (Å²) < 4.78 is 11.8. The summed E-state index contributed by atoms with van der Waals surface area (Å²) in [5, 5.41) is 8.97. The zero-order valence-electron chi connectivity index (χ0n) is 20.2. The third-order valence-electron chi connectivity index (χ3n) is 6.46. The zero-order chi connectivity index (χ0) is 24.9. The van der Waals surface area contributed by atoms with Crippen LogP contribution in [0.2, 0.25) is 0 Å². The van der Waals surface area contributed by atoms with Gasteiger partial charge in [-0.3, -0.25) is 9.59 Å². The molecule has 1 saturated carbocycles. The Bertz CT molecular complexity index is 1260. The molecule has 0 spiro atoms. The fourth-order valence-corrected chi connectivity index (χ4v) is 4.58. The molecule has 1 fully saturated rings. The first kappa shape index (κ1) is 23.6. The van der Waals surface area contributed by atoms with Crippen LogP contribution in [0.15, 0.2) is 60.1 Å². The second-order valence-electron chi connectivity index (χ2n) is 8.97. The first-order valence-corrected chi connectivity index (χ1v) is 12.2. The highest BCUT2D eigenvalue weighted by molar-refractivity contribution is 6.05. The minimum atomic E-state index is -0.328. The molecule has 9 nitrogen and oxygen atoms in total. The van der Waals surface area contributed by atoms with Gasteiger partial charge in [0.15, 0.2) is 11.5 Å². The fourth-order valence-electron chi connectivity index (χ4n) is 4.58. The molecule has 0 radical (unpaired) electrons. The molecule has 0 atom stereocenters. The Labute approximate surface area is 209 Å². The van der Waals surface area contributed by atoms with Crippen molar-refractivity contribution in [3.63, 3.8) is 0 Å². The lowest BCUT2D eigenvalue weighted by Crippen LogP contribution is -2.32. The predicted octanol–water partition coefficient (Wildman–Crippen LogP) is 4.63. The molecule has 5 rings (SSSR count). The molecule has 9 heteroatoms. The summed E-state index contributed by atoms with van der Waals surface area (Å²) in [5.74, 6) is 0.865. The molecule has 0 unspecified atom stereocenters. The minimum Gasteiger partial charge on any atom is -0.493 e. The number of aromatic nitrogens is 2. The highest BCUT2D eigenvalue weighted by Crippen LogP contribution is 2.33. The number of nitrogens with one attached hydrogen (secondary N) is 2. The number of aromatic amines is 1. The van der Waals surface area contributed by atoms with Crippen LogP contribution >= 0.6 is 0 Å². The average Bonchev–Trinajstić information content (AvgIpc) is 3.63. The first-order chi connectivity index (χ1) is 17.6. The van der Waals surface area contributed by atoms with Crippen LogP contribution in [-0.4, -0.2) is 52.3 Å². The number of carbonyl (C=O) groups excluding carboxylic acids is 2. The van der Waals surface area contributed by atoms with Gasteiger partial charge in [0.1, 0.15) is 5.69 Å². The number of hydrogen-bond donors (Lipinski definition) is 2. The fraction of sp³-hybridized carbons (Fsp3) is 0.333. The summed E-state index contributed by atoms with van der Waals surface area (Å²) in [5.41, 5.74) is 3.06. The summed E-state index contributed by atoms with van der Waals surface area (Å²) in [6.45, 7) is 0.522. The van der Waals surface area contributed by atoms with Crippen LogP contribution in [0.1, 0.15) is 64.9 Å². The second kappa shape index (κ2) is 10.6. The van der Waals surface area contributed by atoms with E-state index in [0.29, 0.717) is 35.0 Å². The maximum absolute atomic E-state index is 13.3. The number of rotatable bonds is 7. The molecule has 1 aliphatic heterocycles. The normalized spacial score (nSPS) is 15.9. The molecule has 0 saturated heterocycles. The van der Waals surface area contributed by atoms with Crippen molar-refractivity contribution in [2.24, 2.45) is 5.10 Å². The highest BCUT2D eigenvalue weighted by atomic mass is 16.5. The van der Waals surface area contributed by atoms with Crippen LogP contribution < -0.4 is 14.8 Å². The van der Waals surface area contributed by atoms with Gasteiger partial charge in [0.05, 0.1) is 31.4 Å². The Morgan fingerprint density at radius 2 is 1.94 bits per heavy atom. The maximum Gasteiger partial charge on any atom is 0.274 e. The van der Waals surface area contributed by atoms with Gasteiger partial charge >= 0.3 is 0 Å². The molecular formula is C27H29N5O4. The van der Waals surface area contributed by atoms with Crippen LogP contribution in [0, 0.1) is 0 Å². The molecule has 2 aliphatic rings. The number of hydrogen-bond acceptors (Lipinski definition) is 6. The molecule has 1 aromatic heterocycles. The third kappa shape index (κ3) is 5.25. The quantitative estimate of drug-likeness (QED) is 0.505. The number of benzene rings is 2. The highest BCUT2D eigenvalue weighted by Gasteiger charge is 2.23. The predicted molar refractivity (Wildman–Crippen MR) is 136 cm³/mol. The van der Waals surface area contributed by atoms with Gasteiger partial charge in [-0.25, -0.2) is 9.99 Å². The van der Waals surface area contributed by atoms with Crippen molar-refractivity contribution in [3.05, 3.63) is 71.8 Å². The van der Waals surface area contributed by atoms with E-state index in [4.69, 9.17) is 14.6 Å². The molecule has 36 heavy (non-hydrogen) atoms. The lowest BCUT2D eigenvalue weighted by atomic mass is 10.0. The Morgan fingerprint density at radius 1 is 1.08 bits per heavy atom. The Balaban J connectivity index is 1.33. The van der Waals surface area contributed by atoms with Gasteiger partial charge in [-0.1, -0.05) is 6.07 Å². The van der Waals surface area contributed by atoms with Gasteiger partial charge in [-0.2, -0.15) is 5.10 Å². The molecule has 1 aliphatic carbocycles. The van der Waals surface area contributed by atoms with E-state index in [1.54, 1.807) is 31.4 Å². The van der Waals surface area contributed by atoms with Crippen molar-refractivity contribution in [1.82, 2.24) is 15.0 Å². The molecule has 2 N–H and O–H groups in total. The van der Waals surface area contributed by atoms with Gasteiger partial charge in [0.2, 0.25) is 0 Å². The number of amides is 2. The Hall–Kier alpha value is -4.14. The number of H-pyrrole nitrogens is 1. The second-order valence-corrected chi connectivity index (χ2v) is 8.97. The van der Waals surface area contributed by atoms with E-state index in [9.17, 15) is 9.59 Å². The molecule has 2 amide bonds. The lowest BCUT2D eigenvalue weighted by Gasteiger charge is -2.24. The lowest BCUT2D eigenvalue weighted by molar-refractivity contribution is 0.0751.